The van der Waals surface area contributed by atoms with Gasteiger partial charge < -0.3 is 10.2 Å². The maximum absolute atomic E-state index is 11.6. The topological polar surface area (TPSA) is 91.7 Å². The Hall–Kier alpha value is -4.51. The van der Waals surface area contributed by atoms with Crippen LogP contribution in [0.3, 0.4) is 0 Å². The van der Waals surface area contributed by atoms with Crippen LogP contribution >= 0.6 is 0 Å². The molecule has 0 fully saturated rings. The van der Waals surface area contributed by atoms with Gasteiger partial charge in [-0.15, -0.1) is 0 Å². The van der Waals surface area contributed by atoms with Gasteiger partial charge in [0, 0.05) is 16.4 Å². The monoisotopic (exact) mass is 492 g/mol. The van der Waals surface area contributed by atoms with Crippen LogP contribution in [0.2, 0.25) is 0 Å². The van der Waals surface area contributed by atoms with Crippen LogP contribution in [0.25, 0.3) is 0 Å². The number of aromatic hydroxyl groups is 2. The van der Waals surface area contributed by atoms with Crippen molar-refractivity contribution in [3.8, 4) is 11.5 Å². The van der Waals surface area contributed by atoms with Crippen molar-refractivity contribution in [1.29, 1.82) is 0 Å². The van der Waals surface area contributed by atoms with Gasteiger partial charge in [-0.1, -0.05) is 68.4 Å². The zero-order chi connectivity index (χ0) is 26.8. The minimum Gasteiger partial charge on any atom is -0.507 e. The average molecular weight is 493 g/mol. The molecule has 0 aliphatic heterocycles. The van der Waals surface area contributed by atoms with Crippen molar-refractivity contribution >= 4 is 18.9 Å². The molecule has 0 atom stereocenters. The van der Waals surface area contributed by atoms with E-state index >= 15 is 0 Å². The Kier molecular flexibility index (Phi) is 6.82. The number of hydrogen-bond donors (Lipinski definition) is 2. The van der Waals surface area contributed by atoms with E-state index in [0.29, 0.717) is 18.1 Å². The van der Waals surface area contributed by atoms with E-state index in [0.717, 1.165) is 34.1 Å². The number of hydrogen-bond acceptors (Lipinski definition) is 5. The standard InChI is InChI=1S/C32H28O5/c1-31(2,26-6-4-5-21(15-26)18-33)24-7-9-25(10-8-24)32(3,27-11-13-29(36)22(16-27)19-34)28-12-14-30(37)23(17-28)20-35/h4-20,36-37H,1-3H3. The van der Waals surface area contributed by atoms with E-state index in [1.165, 1.54) is 12.1 Å². The summed E-state index contributed by atoms with van der Waals surface area (Å²) >= 11 is 0. The molecule has 5 heteroatoms. The first-order chi connectivity index (χ1) is 17.6. The second-order valence-electron chi connectivity index (χ2n) is 9.85. The smallest absolute Gasteiger partial charge is 0.153 e. The molecular formula is C32H28O5. The quantitative estimate of drug-likeness (QED) is 0.225. The number of rotatable bonds is 8. The fourth-order valence-corrected chi connectivity index (χ4v) is 4.81. The fourth-order valence-electron chi connectivity index (χ4n) is 4.81. The summed E-state index contributed by atoms with van der Waals surface area (Å²) in [6.45, 7) is 6.16. The van der Waals surface area contributed by atoms with Gasteiger partial charge in [0.1, 0.15) is 17.8 Å². The molecule has 0 saturated carbocycles. The summed E-state index contributed by atoms with van der Waals surface area (Å²) in [7, 11) is 0. The van der Waals surface area contributed by atoms with Crippen LogP contribution in [0.4, 0.5) is 0 Å². The molecule has 0 unspecified atom stereocenters. The van der Waals surface area contributed by atoms with Gasteiger partial charge in [0.2, 0.25) is 0 Å². The molecule has 5 nitrogen and oxygen atoms in total. The van der Waals surface area contributed by atoms with Gasteiger partial charge >= 0.3 is 0 Å². The molecule has 186 valence electrons. The highest BCUT2D eigenvalue weighted by atomic mass is 16.3. The summed E-state index contributed by atoms with van der Waals surface area (Å²) in [6.07, 6.45) is 2.04. The van der Waals surface area contributed by atoms with E-state index in [1.807, 2.05) is 49.4 Å². The zero-order valence-corrected chi connectivity index (χ0v) is 20.9. The highest BCUT2D eigenvalue weighted by molar-refractivity contribution is 5.81. The van der Waals surface area contributed by atoms with E-state index in [-0.39, 0.29) is 28.0 Å². The Bertz CT molecular complexity index is 1420. The normalized spacial score (nSPS) is 11.6. The summed E-state index contributed by atoms with van der Waals surface area (Å²) in [5.41, 5.74) is 4.15. The molecule has 4 aromatic rings. The van der Waals surface area contributed by atoms with Crippen LogP contribution in [0, 0.1) is 0 Å². The van der Waals surface area contributed by atoms with Crippen molar-refractivity contribution in [2.75, 3.05) is 0 Å². The van der Waals surface area contributed by atoms with E-state index in [9.17, 15) is 24.6 Å². The molecule has 4 aromatic carbocycles. The lowest BCUT2D eigenvalue weighted by atomic mass is 9.69. The third-order valence-electron chi connectivity index (χ3n) is 7.39. The van der Waals surface area contributed by atoms with E-state index < -0.39 is 5.41 Å². The van der Waals surface area contributed by atoms with Crippen LogP contribution < -0.4 is 0 Å². The SMILES string of the molecule is CC(C)(c1ccc(C(C)(c2ccc(O)c(C=O)c2)c2ccc(O)c(C=O)c2)cc1)c1cccc(C=O)c1. The van der Waals surface area contributed by atoms with Gasteiger partial charge in [0.15, 0.2) is 12.6 Å². The summed E-state index contributed by atoms with van der Waals surface area (Å²) < 4.78 is 0. The number of phenolic OH excluding ortho intramolecular Hbond substituents is 2. The molecule has 0 radical (unpaired) electrons. The van der Waals surface area contributed by atoms with Crippen molar-refractivity contribution < 1.29 is 24.6 Å². The Balaban J connectivity index is 1.88. The predicted molar refractivity (Wildman–Crippen MR) is 143 cm³/mol. The Labute approximate surface area is 216 Å². The third-order valence-corrected chi connectivity index (χ3v) is 7.39. The summed E-state index contributed by atoms with van der Waals surface area (Å²) in [5.74, 6) is -0.231. The maximum Gasteiger partial charge on any atom is 0.153 e. The van der Waals surface area contributed by atoms with Crippen molar-refractivity contribution in [2.24, 2.45) is 0 Å². The van der Waals surface area contributed by atoms with Crippen LogP contribution in [0.15, 0.2) is 84.9 Å². The lowest BCUT2D eigenvalue weighted by Crippen LogP contribution is -2.26. The van der Waals surface area contributed by atoms with E-state index in [2.05, 4.69) is 13.8 Å². The lowest BCUT2D eigenvalue weighted by Gasteiger charge is -2.33. The highest BCUT2D eigenvalue weighted by Crippen LogP contribution is 2.42. The van der Waals surface area contributed by atoms with Crippen LogP contribution in [-0.2, 0) is 10.8 Å². The summed E-state index contributed by atoms with van der Waals surface area (Å²) in [6, 6.07) is 25.3. The first kappa shape index (κ1) is 25.6. The largest absolute Gasteiger partial charge is 0.507 e. The van der Waals surface area contributed by atoms with Gasteiger partial charge in [-0.05, 0) is 65.1 Å². The van der Waals surface area contributed by atoms with Gasteiger partial charge in [-0.2, -0.15) is 0 Å². The molecule has 2 N–H and O–H groups in total. The number of phenols is 2. The minimum absolute atomic E-state index is 0.116. The van der Waals surface area contributed by atoms with Crippen LogP contribution in [0.5, 0.6) is 11.5 Å². The number of benzene rings is 4. The van der Waals surface area contributed by atoms with Crippen LogP contribution in [-0.4, -0.2) is 29.1 Å². The Morgan fingerprint density at radius 3 is 1.51 bits per heavy atom. The fraction of sp³-hybridized carbons (Fsp3) is 0.156. The third kappa shape index (κ3) is 4.56. The number of carbonyl (C=O) groups excluding carboxylic acids is 3. The van der Waals surface area contributed by atoms with Gasteiger partial charge in [0.25, 0.3) is 0 Å². The first-order valence-corrected chi connectivity index (χ1v) is 11.9. The highest BCUT2D eigenvalue weighted by Gasteiger charge is 2.33. The zero-order valence-electron chi connectivity index (χ0n) is 20.9. The molecule has 0 amide bonds. The van der Waals surface area contributed by atoms with Gasteiger partial charge in [-0.25, -0.2) is 0 Å². The summed E-state index contributed by atoms with van der Waals surface area (Å²) in [5, 5.41) is 20.2. The van der Waals surface area contributed by atoms with Crippen molar-refractivity contribution in [3.63, 3.8) is 0 Å². The summed E-state index contributed by atoms with van der Waals surface area (Å²) in [4.78, 5) is 34.5. The molecule has 0 bridgehead atoms. The van der Waals surface area contributed by atoms with Crippen molar-refractivity contribution in [2.45, 2.75) is 31.6 Å². The molecule has 4 rings (SSSR count). The Morgan fingerprint density at radius 1 is 0.541 bits per heavy atom. The van der Waals surface area contributed by atoms with E-state index in [4.69, 9.17) is 0 Å². The van der Waals surface area contributed by atoms with Gasteiger partial charge in [-0.3, -0.25) is 14.4 Å². The molecular weight excluding hydrogens is 464 g/mol. The molecule has 0 aliphatic carbocycles. The first-order valence-electron chi connectivity index (χ1n) is 11.9. The molecule has 0 saturated heterocycles. The molecule has 0 heterocycles. The minimum atomic E-state index is -0.822. The van der Waals surface area contributed by atoms with Crippen molar-refractivity contribution in [1.82, 2.24) is 0 Å². The molecule has 0 aromatic heterocycles. The van der Waals surface area contributed by atoms with Gasteiger partial charge in [0.05, 0.1) is 11.1 Å². The molecule has 37 heavy (non-hydrogen) atoms. The second-order valence-corrected chi connectivity index (χ2v) is 9.85. The maximum atomic E-state index is 11.6. The predicted octanol–water partition coefficient (Wildman–Crippen LogP) is 6.22. The Morgan fingerprint density at radius 2 is 1.03 bits per heavy atom. The molecule has 0 spiro atoms. The average Bonchev–Trinajstić information content (AvgIpc) is 2.93. The number of aldehydes is 3. The van der Waals surface area contributed by atoms with E-state index in [1.54, 1.807) is 30.3 Å². The molecule has 0 aliphatic rings. The lowest BCUT2D eigenvalue weighted by molar-refractivity contribution is 0.111. The van der Waals surface area contributed by atoms with Crippen LogP contribution in [0.1, 0.15) is 79.7 Å². The second kappa shape index (κ2) is 9.86. The van der Waals surface area contributed by atoms with Crippen molar-refractivity contribution in [3.05, 3.63) is 129 Å². The number of carbonyl (C=O) groups is 3.